The summed E-state index contributed by atoms with van der Waals surface area (Å²) < 4.78 is 31.6. The highest BCUT2D eigenvalue weighted by atomic mass is 19.1. The van der Waals surface area contributed by atoms with Crippen LogP contribution in [0.2, 0.25) is 0 Å². The van der Waals surface area contributed by atoms with Crippen molar-refractivity contribution < 1.29 is 23.1 Å². The first-order valence-corrected chi connectivity index (χ1v) is 5.14. The highest BCUT2D eigenvalue weighted by Crippen LogP contribution is 2.22. The number of nitrogens with zero attached hydrogens (tertiary/aromatic N) is 1. The molecule has 4 nitrogen and oxygen atoms in total. The van der Waals surface area contributed by atoms with E-state index in [0.29, 0.717) is 0 Å². The minimum absolute atomic E-state index is 0.0228. The molecule has 0 saturated carbocycles. The van der Waals surface area contributed by atoms with E-state index >= 15 is 0 Å². The molecule has 0 unspecified atom stereocenters. The second-order valence-corrected chi connectivity index (χ2v) is 3.80. The number of carbonyl (C=O) groups is 2. The summed E-state index contributed by atoms with van der Waals surface area (Å²) in [6.07, 6.45) is 0. The molecular formula is C12H13F2NO3. The molecule has 0 aromatic heterocycles. The van der Waals surface area contributed by atoms with E-state index in [0.717, 1.165) is 24.0 Å². The van der Waals surface area contributed by atoms with Crippen molar-refractivity contribution in [3.8, 4) is 5.75 Å². The van der Waals surface area contributed by atoms with Gasteiger partial charge in [0.25, 0.3) is 5.91 Å². The Hall–Kier alpha value is -1.98. The van der Waals surface area contributed by atoms with E-state index in [-0.39, 0.29) is 17.9 Å². The average molecular weight is 257 g/mol. The van der Waals surface area contributed by atoms with Gasteiger partial charge >= 0.3 is 0 Å². The van der Waals surface area contributed by atoms with E-state index in [4.69, 9.17) is 0 Å². The fourth-order valence-electron chi connectivity index (χ4n) is 1.44. The highest BCUT2D eigenvalue weighted by Gasteiger charge is 2.17. The van der Waals surface area contributed by atoms with Gasteiger partial charge in [-0.25, -0.2) is 8.78 Å². The summed E-state index contributed by atoms with van der Waals surface area (Å²) in [7, 11) is 2.56. The van der Waals surface area contributed by atoms with Gasteiger partial charge in [-0.3, -0.25) is 9.59 Å². The number of hydrogen-bond donors (Lipinski definition) is 0. The zero-order chi connectivity index (χ0) is 13.9. The molecule has 0 atom stereocenters. The minimum Gasteiger partial charge on any atom is -0.494 e. The predicted molar refractivity (Wildman–Crippen MR) is 60.1 cm³/mol. The largest absolute Gasteiger partial charge is 0.494 e. The van der Waals surface area contributed by atoms with Gasteiger partial charge in [0.2, 0.25) is 5.78 Å². The summed E-state index contributed by atoms with van der Waals surface area (Å²) in [6, 6.07) is 1.84. The van der Waals surface area contributed by atoms with Gasteiger partial charge in [0, 0.05) is 32.1 Å². The standard InChI is InChI=1S/C12H13F2NO3/c1-7(16)12(17)15(2)6-8-4-10(14)11(18-3)5-9(8)13/h4-5H,6H2,1-3H3. The monoisotopic (exact) mass is 257 g/mol. The molecule has 98 valence electrons. The number of halogens is 2. The van der Waals surface area contributed by atoms with Crippen molar-refractivity contribution in [1.82, 2.24) is 4.90 Å². The first-order valence-electron chi connectivity index (χ1n) is 5.14. The summed E-state index contributed by atoms with van der Waals surface area (Å²) in [4.78, 5) is 23.2. The molecule has 0 N–H and O–H groups in total. The summed E-state index contributed by atoms with van der Waals surface area (Å²) in [5.74, 6) is -3.05. The molecule has 0 fully saturated rings. The lowest BCUT2D eigenvalue weighted by Crippen LogP contribution is -2.31. The van der Waals surface area contributed by atoms with Crippen molar-refractivity contribution in [2.24, 2.45) is 0 Å². The molecule has 6 heteroatoms. The molecule has 1 aromatic rings. The Labute approximate surface area is 103 Å². The van der Waals surface area contributed by atoms with Crippen LogP contribution in [0.3, 0.4) is 0 Å². The van der Waals surface area contributed by atoms with Gasteiger partial charge in [-0.2, -0.15) is 0 Å². The van der Waals surface area contributed by atoms with E-state index in [1.807, 2.05) is 0 Å². The number of carbonyl (C=O) groups excluding carboxylic acids is 2. The normalized spacial score (nSPS) is 10.1. The first-order chi connectivity index (χ1) is 8.36. The Morgan fingerprint density at radius 2 is 1.89 bits per heavy atom. The number of rotatable bonds is 4. The van der Waals surface area contributed by atoms with Crippen molar-refractivity contribution >= 4 is 11.7 Å². The summed E-state index contributed by atoms with van der Waals surface area (Å²) in [5.41, 5.74) is -0.0228. The van der Waals surface area contributed by atoms with Crippen LogP contribution >= 0.6 is 0 Å². The number of methoxy groups -OCH3 is 1. The maximum absolute atomic E-state index is 13.6. The van der Waals surface area contributed by atoms with Crippen molar-refractivity contribution in [3.05, 3.63) is 29.3 Å². The molecule has 0 aliphatic carbocycles. The molecule has 0 aliphatic heterocycles. The molecule has 1 aromatic carbocycles. The van der Waals surface area contributed by atoms with Crippen LogP contribution in [0.5, 0.6) is 5.75 Å². The Morgan fingerprint density at radius 3 is 2.39 bits per heavy atom. The first kappa shape index (κ1) is 14.1. The number of likely N-dealkylation sites (N-methyl/N-ethyl adjacent to an activating group) is 1. The van der Waals surface area contributed by atoms with Crippen LogP contribution < -0.4 is 4.74 Å². The summed E-state index contributed by atoms with van der Waals surface area (Å²) in [5, 5.41) is 0. The zero-order valence-electron chi connectivity index (χ0n) is 10.3. The minimum atomic E-state index is -0.759. The van der Waals surface area contributed by atoms with Crippen molar-refractivity contribution in [2.75, 3.05) is 14.2 Å². The lowest BCUT2D eigenvalue weighted by molar-refractivity contribution is -0.143. The van der Waals surface area contributed by atoms with E-state index in [9.17, 15) is 18.4 Å². The number of ketones is 1. The molecule has 0 bridgehead atoms. The Bertz CT molecular complexity index is 488. The Morgan fingerprint density at radius 1 is 1.28 bits per heavy atom. The van der Waals surface area contributed by atoms with Crippen LogP contribution in [-0.2, 0) is 16.1 Å². The number of ether oxygens (including phenoxy) is 1. The average Bonchev–Trinajstić information content (AvgIpc) is 2.32. The van der Waals surface area contributed by atoms with Gasteiger partial charge in [0.1, 0.15) is 5.82 Å². The number of hydrogen-bond acceptors (Lipinski definition) is 3. The number of Topliss-reactive ketones (excluding diaryl/α,β-unsaturated/α-hetero) is 1. The van der Waals surface area contributed by atoms with Crippen LogP contribution in [0.4, 0.5) is 8.78 Å². The highest BCUT2D eigenvalue weighted by molar-refractivity contribution is 6.34. The lowest BCUT2D eigenvalue weighted by atomic mass is 10.1. The molecule has 0 saturated heterocycles. The molecule has 0 heterocycles. The van der Waals surface area contributed by atoms with E-state index in [1.165, 1.54) is 14.2 Å². The molecule has 1 amide bonds. The van der Waals surface area contributed by atoms with Crippen LogP contribution in [0.15, 0.2) is 12.1 Å². The number of benzene rings is 1. The smallest absolute Gasteiger partial charge is 0.289 e. The van der Waals surface area contributed by atoms with Gasteiger partial charge in [-0.1, -0.05) is 0 Å². The van der Waals surface area contributed by atoms with Crippen molar-refractivity contribution in [3.63, 3.8) is 0 Å². The Kier molecular flexibility index (Phi) is 4.36. The maximum Gasteiger partial charge on any atom is 0.289 e. The molecule has 0 spiro atoms. The van der Waals surface area contributed by atoms with E-state index in [2.05, 4.69) is 4.74 Å². The topological polar surface area (TPSA) is 46.6 Å². The summed E-state index contributed by atoms with van der Waals surface area (Å²) in [6.45, 7) is 0.926. The molecule has 1 rings (SSSR count). The van der Waals surface area contributed by atoms with Gasteiger partial charge in [0.15, 0.2) is 11.6 Å². The molecule has 0 radical (unpaired) electrons. The maximum atomic E-state index is 13.6. The second-order valence-electron chi connectivity index (χ2n) is 3.80. The van der Waals surface area contributed by atoms with Crippen LogP contribution in [0.25, 0.3) is 0 Å². The van der Waals surface area contributed by atoms with Crippen LogP contribution in [0, 0.1) is 11.6 Å². The molecular weight excluding hydrogens is 244 g/mol. The quantitative estimate of drug-likeness (QED) is 0.768. The van der Waals surface area contributed by atoms with Gasteiger partial charge < -0.3 is 9.64 Å². The number of amides is 1. The predicted octanol–water partition coefficient (Wildman–Crippen LogP) is 1.52. The Balaban J connectivity index is 2.95. The van der Waals surface area contributed by atoms with Crippen LogP contribution in [-0.4, -0.2) is 30.7 Å². The third kappa shape index (κ3) is 3.03. The second kappa shape index (κ2) is 5.57. The fourth-order valence-corrected chi connectivity index (χ4v) is 1.44. The van der Waals surface area contributed by atoms with E-state index in [1.54, 1.807) is 0 Å². The molecule has 0 aliphatic rings. The van der Waals surface area contributed by atoms with Gasteiger partial charge in [-0.05, 0) is 6.07 Å². The van der Waals surface area contributed by atoms with Gasteiger partial charge in [-0.15, -0.1) is 0 Å². The van der Waals surface area contributed by atoms with Crippen molar-refractivity contribution in [2.45, 2.75) is 13.5 Å². The fraction of sp³-hybridized carbons (Fsp3) is 0.333. The summed E-state index contributed by atoms with van der Waals surface area (Å²) >= 11 is 0. The van der Waals surface area contributed by atoms with E-state index < -0.39 is 23.3 Å². The SMILES string of the molecule is COc1cc(F)c(CN(C)C(=O)C(C)=O)cc1F. The third-order valence-electron chi connectivity index (χ3n) is 2.38. The van der Waals surface area contributed by atoms with Gasteiger partial charge in [0.05, 0.1) is 7.11 Å². The third-order valence-corrected chi connectivity index (χ3v) is 2.38. The lowest BCUT2D eigenvalue weighted by Gasteiger charge is -2.16. The van der Waals surface area contributed by atoms with Crippen LogP contribution in [0.1, 0.15) is 12.5 Å². The zero-order valence-corrected chi connectivity index (χ0v) is 10.3. The molecule has 18 heavy (non-hydrogen) atoms. The van der Waals surface area contributed by atoms with Crippen molar-refractivity contribution in [1.29, 1.82) is 0 Å².